The molecule has 1 aromatic heterocycles. The molecule has 1 N–H and O–H groups in total. The average Bonchev–Trinajstić information content (AvgIpc) is 3.24. The molecule has 6 heteroatoms. The smallest absolute Gasteiger partial charge is 0.320 e. The molecule has 1 saturated carbocycles. The van der Waals surface area contributed by atoms with Crippen LogP contribution < -0.4 is 0 Å². The number of carboxylic acid groups (broad SMARTS) is 1. The molecular formula is C19H24N4O2. The molecule has 2 aromatic rings. The average molecular weight is 340 g/mol. The molecular weight excluding hydrogens is 316 g/mol. The Hall–Kier alpha value is -2.21. The van der Waals surface area contributed by atoms with Crippen LogP contribution in [0.5, 0.6) is 0 Å². The van der Waals surface area contributed by atoms with Crippen molar-refractivity contribution in [2.75, 3.05) is 0 Å². The minimum absolute atomic E-state index is 0.344. The van der Waals surface area contributed by atoms with Crippen LogP contribution in [-0.4, -0.2) is 42.8 Å². The van der Waals surface area contributed by atoms with Crippen LogP contribution in [0.1, 0.15) is 43.2 Å². The second-order valence-electron chi connectivity index (χ2n) is 7.33. The summed E-state index contributed by atoms with van der Waals surface area (Å²) in [6.45, 7) is 2.76. The molecule has 1 aliphatic carbocycles. The van der Waals surface area contributed by atoms with Crippen molar-refractivity contribution < 1.29 is 9.90 Å². The molecule has 1 aliphatic heterocycles. The summed E-state index contributed by atoms with van der Waals surface area (Å²) in [5, 5.41) is 13.9. The van der Waals surface area contributed by atoms with E-state index in [9.17, 15) is 9.90 Å². The summed E-state index contributed by atoms with van der Waals surface area (Å²) < 4.78 is 1.76. The minimum Gasteiger partial charge on any atom is -0.480 e. The Balaban J connectivity index is 1.57. The predicted molar refractivity (Wildman–Crippen MR) is 93.4 cm³/mol. The highest BCUT2D eigenvalue weighted by molar-refractivity contribution is 5.74. The van der Waals surface area contributed by atoms with Gasteiger partial charge in [-0.3, -0.25) is 9.69 Å². The van der Waals surface area contributed by atoms with E-state index in [-0.39, 0.29) is 6.04 Å². The molecule has 0 amide bonds. The van der Waals surface area contributed by atoms with Crippen LogP contribution in [0.4, 0.5) is 0 Å². The molecule has 3 unspecified atom stereocenters. The molecule has 3 atom stereocenters. The minimum atomic E-state index is -0.676. The van der Waals surface area contributed by atoms with E-state index in [0.717, 1.165) is 24.1 Å². The SMILES string of the molecule is Cc1cc(CN2C(C(=O)O)CC3CCCCC32)ccc1-n1cncn1. The number of aromatic nitrogens is 3. The third kappa shape index (κ3) is 3.06. The van der Waals surface area contributed by atoms with Crippen molar-refractivity contribution in [3.8, 4) is 5.69 Å². The highest BCUT2D eigenvalue weighted by atomic mass is 16.4. The lowest BCUT2D eigenvalue weighted by molar-refractivity contribution is -0.142. The zero-order valence-electron chi connectivity index (χ0n) is 14.5. The fraction of sp³-hybridized carbons (Fsp3) is 0.526. The molecule has 6 nitrogen and oxygen atoms in total. The van der Waals surface area contributed by atoms with E-state index in [4.69, 9.17) is 0 Å². The summed E-state index contributed by atoms with van der Waals surface area (Å²) >= 11 is 0. The summed E-state index contributed by atoms with van der Waals surface area (Å²) in [4.78, 5) is 18.0. The van der Waals surface area contributed by atoms with Crippen LogP contribution in [0, 0.1) is 12.8 Å². The Kier molecular flexibility index (Phi) is 4.29. The molecule has 2 heterocycles. The van der Waals surface area contributed by atoms with Crippen molar-refractivity contribution in [2.45, 2.75) is 57.7 Å². The molecule has 25 heavy (non-hydrogen) atoms. The van der Waals surface area contributed by atoms with E-state index in [0.29, 0.717) is 18.5 Å². The lowest BCUT2D eigenvalue weighted by Gasteiger charge is -2.33. The maximum absolute atomic E-state index is 11.8. The van der Waals surface area contributed by atoms with Crippen LogP contribution in [0.2, 0.25) is 0 Å². The number of aryl methyl sites for hydroxylation is 1. The number of benzene rings is 1. The Morgan fingerprint density at radius 2 is 2.16 bits per heavy atom. The highest BCUT2D eigenvalue weighted by Crippen LogP contribution is 2.40. The molecule has 2 aliphatic rings. The number of carbonyl (C=O) groups is 1. The first-order valence-corrected chi connectivity index (χ1v) is 9.06. The van der Waals surface area contributed by atoms with Crippen molar-refractivity contribution in [1.29, 1.82) is 0 Å². The Bertz CT molecular complexity index is 759. The van der Waals surface area contributed by atoms with E-state index >= 15 is 0 Å². The van der Waals surface area contributed by atoms with Gasteiger partial charge in [0.2, 0.25) is 0 Å². The van der Waals surface area contributed by atoms with Crippen molar-refractivity contribution in [2.24, 2.45) is 5.92 Å². The first-order chi connectivity index (χ1) is 12.1. The van der Waals surface area contributed by atoms with Gasteiger partial charge in [0.25, 0.3) is 0 Å². The summed E-state index contributed by atoms with van der Waals surface area (Å²) in [6.07, 6.45) is 8.78. The second-order valence-corrected chi connectivity index (χ2v) is 7.33. The first-order valence-electron chi connectivity index (χ1n) is 9.06. The lowest BCUT2D eigenvalue weighted by atomic mass is 9.84. The Morgan fingerprint density at radius 1 is 1.32 bits per heavy atom. The van der Waals surface area contributed by atoms with Crippen molar-refractivity contribution in [1.82, 2.24) is 19.7 Å². The van der Waals surface area contributed by atoms with Crippen molar-refractivity contribution in [3.63, 3.8) is 0 Å². The molecule has 1 aromatic carbocycles. The third-order valence-electron chi connectivity index (χ3n) is 5.80. The lowest BCUT2D eigenvalue weighted by Crippen LogP contribution is -2.41. The van der Waals surface area contributed by atoms with E-state index < -0.39 is 5.97 Å². The number of rotatable bonds is 4. The van der Waals surface area contributed by atoms with Gasteiger partial charge in [-0.2, -0.15) is 5.10 Å². The molecule has 0 spiro atoms. The summed E-state index contributed by atoms with van der Waals surface area (Å²) in [6, 6.07) is 6.35. The number of likely N-dealkylation sites (tertiary alicyclic amines) is 1. The van der Waals surface area contributed by atoms with Crippen LogP contribution in [0.25, 0.3) is 5.69 Å². The van der Waals surface area contributed by atoms with Gasteiger partial charge in [0.15, 0.2) is 0 Å². The van der Waals surface area contributed by atoms with Crippen LogP contribution >= 0.6 is 0 Å². The van der Waals surface area contributed by atoms with Gasteiger partial charge in [0.1, 0.15) is 18.7 Å². The summed E-state index contributed by atoms with van der Waals surface area (Å²) in [5.41, 5.74) is 3.29. The molecule has 132 valence electrons. The Morgan fingerprint density at radius 3 is 2.88 bits per heavy atom. The fourth-order valence-electron chi connectivity index (χ4n) is 4.64. The quantitative estimate of drug-likeness (QED) is 0.927. The van der Waals surface area contributed by atoms with E-state index in [1.54, 1.807) is 11.0 Å². The van der Waals surface area contributed by atoms with Crippen LogP contribution in [0.3, 0.4) is 0 Å². The monoisotopic (exact) mass is 340 g/mol. The van der Waals surface area contributed by atoms with Gasteiger partial charge >= 0.3 is 5.97 Å². The van der Waals surface area contributed by atoms with Gasteiger partial charge < -0.3 is 5.11 Å². The fourth-order valence-corrected chi connectivity index (χ4v) is 4.64. The normalized spacial score (nSPS) is 26.5. The predicted octanol–water partition coefficient (Wildman–Crippen LogP) is 2.79. The third-order valence-corrected chi connectivity index (χ3v) is 5.80. The van der Waals surface area contributed by atoms with Gasteiger partial charge in [-0.1, -0.05) is 25.0 Å². The van der Waals surface area contributed by atoms with Gasteiger partial charge in [0.05, 0.1) is 5.69 Å². The van der Waals surface area contributed by atoms with Gasteiger partial charge in [-0.15, -0.1) is 0 Å². The van der Waals surface area contributed by atoms with E-state index in [2.05, 4.69) is 34.0 Å². The summed E-state index contributed by atoms with van der Waals surface area (Å²) in [5.74, 6) is -0.129. The van der Waals surface area contributed by atoms with E-state index in [1.807, 2.05) is 6.07 Å². The number of hydrogen-bond acceptors (Lipinski definition) is 4. The number of aliphatic carboxylic acids is 1. The number of carboxylic acids is 1. The maximum atomic E-state index is 11.8. The van der Waals surface area contributed by atoms with E-state index in [1.165, 1.54) is 31.2 Å². The van der Waals surface area contributed by atoms with Gasteiger partial charge in [-0.25, -0.2) is 9.67 Å². The molecule has 1 saturated heterocycles. The first kappa shape index (κ1) is 16.3. The summed E-state index contributed by atoms with van der Waals surface area (Å²) in [7, 11) is 0. The zero-order valence-corrected chi connectivity index (χ0v) is 14.5. The molecule has 4 rings (SSSR count). The topological polar surface area (TPSA) is 71.2 Å². The van der Waals surface area contributed by atoms with Crippen LogP contribution in [-0.2, 0) is 11.3 Å². The number of hydrogen-bond donors (Lipinski definition) is 1. The number of nitrogens with zero attached hydrogens (tertiary/aromatic N) is 4. The largest absolute Gasteiger partial charge is 0.480 e. The molecule has 0 radical (unpaired) electrons. The standard InChI is InChI=1S/C19H24N4O2/c1-13-8-14(6-7-16(13)23-12-20-11-21-23)10-22-17-5-3-2-4-15(17)9-18(22)19(24)25/h6-8,11-12,15,17-18H,2-5,9-10H2,1H3,(H,24,25). The number of fused-ring (bicyclic) bond motifs is 1. The molecule has 0 bridgehead atoms. The van der Waals surface area contributed by atoms with Gasteiger partial charge in [0, 0.05) is 12.6 Å². The van der Waals surface area contributed by atoms with Crippen molar-refractivity contribution >= 4 is 5.97 Å². The zero-order chi connectivity index (χ0) is 17.4. The van der Waals surface area contributed by atoms with Crippen molar-refractivity contribution in [3.05, 3.63) is 42.0 Å². The molecule has 2 fully saturated rings. The van der Waals surface area contributed by atoms with Gasteiger partial charge in [-0.05, 0) is 49.3 Å². The van der Waals surface area contributed by atoms with Crippen LogP contribution in [0.15, 0.2) is 30.9 Å². The highest BCUT2D eigenvalue weighted by Gasteiger charge is 2.44. The maximum Gasteiger partial charge on any atom is 0.320 e. The Labute approximate surface area is 147 Å². The second kappa shape index (κ2) is 6.59.